The van der Waals surface area contributed by atoms with E-state index in [4.69, 9.17) is 9.84 Å². The number of rotatable bonds is 3. The number of hydrogen-bond donors (Lipinski definition) is 2. The first kappa shape index (κ1) is 12.5. The molecule has 1 saturated heterocycles. The number of nitrogens with zero attached hydrogens (tertiary/aromatic N) is 1. The van der Waals surface area contributed by atoms with E-state index in [9.17, 15) is 9.59 Å². The Hall–Kier alpha value is -1.95. The number of carbonyl (C=O) groups excluding carboxylic acids is 1. The van der Waals surface area contributed by atoms with Gasteiger partial charge in [-0.1, -0.05) is 13.0 Å². The molecule has 2 atom stereocenters. The molecule has 0 bridgehead atoms. The Morgan fingerprint density at radius 1 is 1.50 bits per heavy atom. The lowest BCUT2D eigenvalue weighted by Crippen LogP contribution is -2.31. The predicted octanol–water partition coefficient (Wildman–Crippen LogP) is 1.14. The minimum Gasteiger partial charge on any atom is -0.477 e. The van der Waals surface area contributed by atoms with E-state index < -0.39 is 12.1 Å². The van der Waals surface area contributed by atoms with Crippen LogP contribution >= 0.6 is 0 Å². The van der Waals surface area contributed by atoms with Crippen molar-refractivity contribution < 1.29 is 19.4 Å². The molecular formula is C12H14N2O4. The Morgan fingerprint density at radius 2 is 2.28 bits per heavy atom. The molecule has 2 N–H and O–H groups in total. The average molecular weight is 250 g/mol. The van der Waals surface area contributed by atoms with Crippen molar-refractivity contribution in [2.24, 2.45) is 5.92 Å². The highest BCUT2D eigenvalue weighted by atomic mass is 16.5. The van der Waals surface area contributed by atoms with E-state index in [-0.39, 0.29) is 23.3 Å². The molecule has 96 valence electrons. The molecule has 1 aromatic heterocycles. The van der Waals surface area contributed by atoms with Crippen molar-refractivity contribution in [3.63, 3.8) is 0 Å². The molecule has 1 aromatic rings. The summed E-state index contributed by atoms with van der Waals surface area (Å²) in [4.78, 5) is 26.5. The zero-order chi connectivity index (χ0) is 13.1. The molecule has 2 unspecified atom stereocenters. The number of nitrogens with one attached hydrogen (secondary N) is 1. The number of carboxylic acids is 1. The van der Waals surface area contributed by atoms with E-state index in [1.807, 2.05) is 6.92 Å². The third kappa shape index (κ3) is 2.65. The fourth-order valence-corrected chi connectivity index (χ4v) is 1.85. The fraction of sp³-hybridized carbons (Fsp3) is 0.417. The van der Waals surface area contributed by atoms with Crippen LogP contribution in [0.5, 0.6) is 0 Å². The van der Waals surface area contributed by atoms with Crippen LogP contribution in [0, 0.1) is 5.92 Å². The summed E-state index contributed by atoms with van der Waals surface area (Å²) >= 11 is 0. The van der Waals surface area contributed by atoms with E-state index >= 15 is 0 Å². The minimum atomic E-state index is -1.13. The monoisotopic (exact) mass is 250 g/mol. The van der Waals surface area contributed by atoms with Gasteiger partial charge in [-0.25, -0.2) is 9.78 Å². The lowest BCUT2D eigenvalue weighted by molar-refractivity contribution is -0.126. The molecule has 1 amide bonds. The first-order valence-electron chi connectivity index (χ1n) is 5.71. The van der Waals surface area contributed by atoms with Crippen LogP contribution < -0.4 is 5.32 Å². The zero-order valence-electron chi connectivity index (χ0n) is 9.92. The maximum atomic E-state index is 11.9. The standard InChI is InChI=1S/C12H14N2O4/c1-7-5-6-18-10(7)11(15)14-9-4-2-3-8(13-9)12(16)17/h2-4,7,10H,5-6H2,1H3,(H,16,17)(H,13,14,15). The molecule has 2 rings (SSSR count). The van der Waals surface area contributed by atoms with Crippen LogP contribution in [0.3, 0.4) is 0 Å². The maximum Gasteiger partial charge on any atom is 0.354 e. The number of carboxylic acid groups (broad SMARTS) is 1. The van der Waals surface area contributed by atoms with Crippen LogP contribution in [0.25, 0.3) is 0 Å². The van der Waals surface area contributed by atoms with E-state index in [0.29, 0.717) is 6.61 Å². The van der Waals surface area contributed by atoms with Crippen LogP contribution in [0.15, 0.2) is 18.2 Å². The molecule has 1 aliphatic heterocycles. The minimum absolute atomic E-state index is 0.104. The molecule has 1 aliphatic rings. The number of aromatic carboxylic acids is 1. The lowest BCUT2D eigenvalue weighted by Gasteiger charge is -2.14. The normalized spacial score (nSPS) is 22.7. The van der Waals surface area contributed by atoms with Crippen molar-refractivity contribution in [3.8, 4) is 0 Å². The number of anilines is 1. The molecule has 0 saturated carbocycles. The van der Waals surface area contributed by atoms with Crippen molar-refractivity contribution in [3.05, 3.63) is 23.9 Å². The molecule has 0 spiro atoms. The van der Waals surface area contributed by atoms with Crippen LogP contribution in [-0.4, -0.2) is 34.7 Å². The van der Waals surface area contributed by atoms with Gasteiger partial charge in [0.15, 0.2) is 5.69 Å². The van der Waals surface area contributed by atoms with Gasteiger partial charge in [0.05, 0.1) is 0 Å². The maximum absolute atomic E-state index is 11.9. The molecule has 0 aromatic carbocycles. The third-order valence-corrected chi connectivity index (χ3v) is 2.87. The van der Waals surface area contributed by atoms with E-state index in [0.717, 1.165) is 6.42 Å². The Morgan fingerprint density at radius 3 is 2.89 bits per heavy atom. The molecular weight excluding hydrogens is 236 g/mol. The Labute approximate surface area is 104 Å². The summed E-state index contributed by atoms with van der Waals surface area (Å²) in [6.07, 6.45) is 0.362. The summed E-state index contributed by atoms with van der Waals surface area (Å²) in [5.41, 5.74) is -0.104. The summed E-state index contributed by atoms with van der Waals surface area (Å²) in [6.45, 7) is 2.51. The summed E-state index contributed by atoms with van der Waals surface area (Å²) < 4.78 is 5.32. The lowest BCUT2D eigenvalue weighted by atomic mass is 10.0. The average Bonchev–Trinajstić information content (AvgIpc) is 2.76. The topological polar surface area (TPSA) is 88.5 Å². The van der Waals surface area contributed by atoms with Crippen LogP contribution in [0.1, 0.15) is 23.8 Å². The van der Waals surface area contributed by atoms with Crippen LogP contribution in [0.2, 0.25) is 0 Å². The Bertz CT molecular complexity index is 475. The second-order valence-corrected chi connectivity index (χ2v) is 4.26. The van der Waals surface area contributed by atoms with Gasteiger partial charge < -0.3 is 15.2 Å². The number of ether oxygens (including phenoxy) is 1. The highest BCUT2D eigenvalue weighted by Gasteiger charge is 2.31. The van der Waals surface area contributed by atoms with Gasteiger partial charge >= 0.3 is 5.97 Å². The van der Waals surface area contributed by atoms with Crippen molar-refractivity contribution in [2.45, 2.75) is 19.4 Å². The number of aromatic nitrogens is 1. The fourth-order valence-electron chi connectivity index (χ4n) is 1.85. The molecule has 6 heteroatoms. The summed E-state index contributed by atoms with van der Waals surface area (Å²) in [7, 11) is 0. The molecule has 18 heavy (non-hydrogen) atoms. The SMILES string of the molecule is CC1CCOC1C(=O)Nc1cccc(C(=O)O)n1. The van der Waals surface area contributed by atoms with Gasteiger partial charge in [0, 0.05) is 6.61 Å². The van der Waals surface area contributed by atoms with Gasteiger partial charge in [-0.05, 0) is 24.5 Å². The summed E-state index contributed by atoms with van der Waals surface area (Å²) in [5.74, 6) is -1.03. The second-order valence-electron chi connectivity index (χ2n) is 4.26. The van der Waals surface area contributed by atoms with Gasteiger partial charge in [-0.15, -0.1) is 0 Å². The summed E-state index contributed by atoms with van der Waals surface area (Å²) in [6, 6.07) is 4.45. The largest absolute Gasteiger partial charge is 0.477 e. The van der Waals surface area contributed by atoms with E-state index in [2.05, 4.69) is 10.3 Å². The van der Waals surface area contributed by atoms with Gasteiger partial charge in [-0.2, -0.15) is 0 Å². The third-order valence-electron chi connectivity index (χ3n) is 2.87. The number of amides is 1. The van der Waals surface area contributed by atoms with Crippen molar-refractivity contribution in [2.75, 3.05) is 11.9 Å². The van der Waals surface area contributed by atoms with Gasteiger partial charge in [-0.3, -0.25) is 4.79 Å². The molecule has 1 fully saturated rings. The first-order chi connectivity index (χ1) is 8.58. The Kier molecular flexibility index (Phi) is 3.57. The summed E-state index contributed by atoms with van der Waals surface area (Å²) in [5, 5.41) is 11.4. The second kappa shape index (κ2) is 5.14. The van der Waals surface area contributed by atoms with Gasteiger partial charge in [0.2, 0.25) is 0 Å². The quantitative estimate of drug-likeness (QED) is 0.839. The molecule has 6 nitrogen and oxygen atoms in total. The highest BCUT2D eigenvalue weighted by Crippen LogP contribution is 2.21. The smallest absolute Gasteiger partial charge is 0.354 e. The van der Waals surface area contributed by atoms with Crippen molar-refractivity contribution in [1.29, 1.82) is 0 Å². The Balaban J connectivity index is 2.07. The van der Waals surface area contributed by atoms with Crippen molar-refractivity contribution in [1.82, 2.24) is 4.98 Å². The predicted molar refractivity (Wildman–Crippen MR) is 63.3 cm³/mol. The number of pyridine rings is 1. The number of hydrogen-bond acceptors (Lipinski definition) is 4. The first-order valence-corrected chi connectivity index (χ1v) is 5.71. The molecule has 2 heterocycles. The van der Waals surface area contributed by atoms with Gasteiger partial charge in [0.25, 0.3) is 5.91 Å². The van der Waals surface area contributed by atoms with Crippen LogP contribution in [-0.2, 0) is 9.53 Å². The highest BCUT2D eigenvalue weighted by molar-refractivity contribution is 5.94. The van der Waals surface area contributed by atoms with E-state index in [1.54, 1.807) is 6.07 Å². The zero-order valence-corrected chi connectivity index (χ0v) is 9.92. The van der Waals surface area contributed by atoms with Gasteiger partial charge in [0.1, 0.15) is 11.9 Å². The van der Waals surface area contributed by atoms with E-state index in [1.165, 1.54) is 12.1 Å². The number of carbonyl (C=O) groups is 2. The molecule has 0 aliphatic carbocycles. The van der Waals surface area contributed by atoms with Crippen LogP contribution in [0.4, 0.5) is 5.82 Å². The van der Waals surface area contributed by atoms with Crippen molar-refractivity contribution >= 4 is 17.7 Å². The molecule has 0 radical (unpaired) electrons.